The van der Waals surface area contributed by atoms with Crippen molar-refractivity contribution in [2.24, 2.45) is 5.92 Å². The monoisotopic (exact) mass is 281 g/mol. The first kappa shape index (κ1) is 15.3. The Morgan fingerprint density at radius 3 is 2.70 bits per heavy atom. The molecule has 2 fully saturated rings. The maximum absolute atomic E-state index is 11.8. The molecule has 0 aromatic heterocycles. The van der Waals surface area contributed by atoms with Crippen LogP contribution in [0.4, 0.5) is 4.79 Å². The minimum Gasteiger partial charge on any atom is -0.381 e. The molecule has 0 aromatic rings. The second-order valence-electron chi connectivity index (χ2n) is 6.09. The fraction of sp³-hybridized carbons (Fsp3) is 0.800. The van der Waals surface area contributed by atoms with Gasteiger partial charge in [-0.25, -0.2) is 4.79 Å². The number of rotatable bonds is 5. The first-order valence-electron chi connectivity index (χ1n) is 7.62. The highest BCUT2D eigenvalue weighted by molar-refractivity contribution is 5.74. The molecule has 0 radical (unpaired) electrons. The van der Waals surface area contributed by atoms with E-state index in [2.05, 4.69) is 29.0 Å². The van der Waals surface area contributed by atoms with Gasteiger partial charge in [-0.15, -0.1) is 0 Å². The molecule has 0 aliphatic carbocycles. The van der Waals surface area contributed by atoms with Gasteiger partial charge in [-0.1, -0.05) is 12.2 Å². The van der Waals surface area contributed by atoms with Crippen molar-refractivity contribution in [1.29, 1.82) is 0 Å². The van der Waals surface area contributed by atoms with Crippen molar-refractivity contribution >= 4 is 6.03 Å². The SMILES string of the molecule is C=C(C)CN1CCC(NC(=O)NC[C@@H]2CCOC2)CC1. The smallest absolute Gasteiger partial charge is 0.315 e. The second kappa shape index (κ2) is 7.64. The van der Waals surface area contributed by atoms with E-state index in [1.807, 2.05) is 0 Å². The zero-order valence-corrected chi connectivity index (χ0v) is 12.5. The molecule has 2 saturated heterocycles. The third-order valence-electron chi connectivity index (χ3n) is 3.99. The summed E-state index contributed by atoms with van der Waals surface area (Å²) in [6, 6.07) is 0.270. The summed E-state index contributed by atoms with van der Waals surface area (Å²) >= 11 is 0. The first-order valence-corrected chi connectivity index (χ1v) is 7.62. The van der Waals surface area contributed by atoms with Crippen LogP contribution in [0.15, 0.2) is 12.2 Å². The Morgan fingerprint density at radius 1 is 1.35 bits per heavy atom. The lowest BCUT2D eigenvalue weighted by molar-refractivity contribution is 0.183. The molecule has 20 heavy (non-hydrogen) atoms. The van der Waals surface area contributed by atoms with Crippen molar-refractivity contribution < 1.29 is 9.53 Å². The fourth-order valence-electron chi connectivity index (χ4n) is 2.83. The Hall–Kier alpha value is -1.07. The number of hydrogen-bond acceptors (Lipinski definition) is 3. The molecule has 2 rings (SSSR count). The quantitative estimate of drug-likeness (QED) is 0.748. The van der Waals surface area contributed by atoms with E-state index in [0.29, 0.717) is 12.0 Å². The van der Waals surface area contributed by atoms with Gasteiger partial charge < -0.3 is 15.4 Å². The number of hydrogen-bond donors (Lipinski definition) is 2. The minimum atomic E-state index is -0.0322. The highest BCUT2D eigenvalue weighted by Gasteiger charge is 2.21. The van der Waals surface area contributed by atoms with E-state index in [1.54, 1.807) is 0 Å². The van der Waals surface area contributed by atoms with E-state index in [4.69, 9.17) is 4.74 Å². The first-order chi connectivity index (χ1) is 9.63. The number of carbonyl (C=O) groups excluding carboxylic acids is 1. The topological polar surface area (TPSA) is 53.6 Å². The normalized spacial score (nSPS) is 24.6. The lowest BCUT2D eigenvalue weighted by Gasteiger charge is -2.32. The van der Waals surface area contributed by atoms with Gasteiger partial charge >= 0.3 is 6.03 Å². The summed E-state index contributed by atoms with van der Waals surface area (Å²) in [5.74, 6) is 0.484. The van der Waals surface area contributed by atoms with E-state index in [0.717, 1.165) is 58.7 Å². The van der Waals surface area contributed by atoms with Gasteiger partial charge in [0.15, 0.2) is 0 Å². The van der Waals surface area contributed by atoms with Crippen molar-refractivity contribution in [2.45, 2.75) is 32.2 Å². The van der Waals surface area contributed by atoms with Crippen molar-refractivity contribution in [3.8, 4) is 0 Å². The van der Waals surface area contributed by atoms with E-state index < -0.39 is 0 Å². The largest absolute Gasteiger partial charge is 0.381 e. The zero-order valence-electron chi connectivity index (χ0n) is 12.5. The molecule has 2 N–H and O–H groups in total. The third-order valence-corrected chi connectivity index (χ3v) is 3.99. The zero-order chi connectivity index (χ0) is 14.4. The maximum Gasteiger partial charge on any atom is 0.315 e. The standard InChI is InChI=1S/C15H27N3O2/c1-12(2)10-18-6-3-14(4-7-18)17-15(19)16-9-13-5-8-20-11-13/h13-14H,1,3-11H2,2H3,(H2,16,17,19)/t13-/m0/s1. The molecule has 114 valence electrons. The van der Waals surface area contributed by atoms with Crippen molar-refractivity contribution in [2.75, 3.05) is 39.4 Å². The predicted octanol–water partition coefficient (Wildman–Crippen LogP) is 1.36. The van der Waals surface area contributed by atoms with Crippen LogP contribution in [0, 0.1) is 5.92 Å². The predicted molar refractivity (Wildman–Crippen MR) is 79.7 cm³/mol. The van der Waals surface area contributed by atoms with Gasteiger partial charge in [0.05, 0.1) is 6.61 Å². The van der Waals surface area contributed by atoms with Crippen LogP contribution in [-0.2, 0) is 4.74 Å². The Morgan fingerprint density at radius 2 is 2.10 bits per heavy atom. The lowest BCUT2D eigenvalue weighted by Crippen LogP contribution is -2.48. The van der Waals surface area contributed by atoms with E-state index in [-0.39, 0.29) is 6.03 Å². The number of likely N-dealkylation sites (tertiary alicyclic amines) is 1. The molecule has 5 heteroatoms. The summed E-state index contributed by atoms with van der Waals surface area (Å²) in [7, 11) is 0. The van der Waals surface area contributed by atoms with Gasteiger partial charge in [-0.3, -0.25) is 4.90 Å². The number of nitrogens with zero attached hydrogens (tertiary/aromatic N) is 1. The van der Waals surface area contributed by atoms with Crippen LogP contribution in [0.5, 0.6) is 0 Å². The summed E-state index contributed by atoms with van der Waals surface area (Å²) < 4.78 is 5.30. The van der Waals surface area contributed by atoms with Gasteiger partial charge in [0, 0.05) is 44.7 Å². The molecule has 1 atom stereocenters. The summed E-state index contributed by atoms with van der Waals surface area (Å²) in [6.45, 7) is 11.4. The molecule has 2 heterocycles. The van der Waals surface area contributed by atoms with Gasteiger partial charge in [-0.2, -0.15) is 0 Å². The maximum atomic E-state index is 11.8. The molecule has 5 nitrogen and oxygen atoms in total. The molecule has 0 aromatic carbocycles. The van der Waals surface area contributed by atoms with E-state index >= 15 is 0 Å². The highest BCUT2D eigenvalue weighted by atomic mass is 16.5. The summed E-state index contributed by atoms with van der Waals surface area (Å²) in [5, 5.41) is 6.03. The van der Waals surface area contributed by atoms with Crippen LogP contribution in [0.25, 0.3) is 0 Å². The highest BCUT2D eigenvalue weighted by Crippen LogP contribution is 2.12. The van der Waals surface area contributed by atoms with Crippen LogP contribution in [0.3, 0.4) is 0 Å². The molecule has 0 saturated carbocycles. The summed E-state index contributed by atoms with van der Waals surface area (Å²) in [4.78, 5) is 14.2. The van der Waals surface area contributed by atoms with Gasteiger partial charge in [0.2, 0.25) is 0 Å². The second-order valence-corrected chi connectivity index (χ2v) is 6.09. The molecule has 0 bridgehead atoms. The molecular weight excluding hydrogens is 254 g/mol. The molecule has 0 spiro atoms. The number of amides is 2. The number of nitrogens with one attached hydrogen (secondary N) is 2. The fourth-order valence-corrected chi connectivity index (χ4v) is 2.83. The summed E-state index contributed by atoms with van der Waals surface area (Å²) in [5.41, 5.74) is 1.20. The molecule has 2 aliphatic rings. The van der Waals surface area contributed by atoms with Gasteiger partial charge in [0.25, 0.3) is 0 Å². The Kier molecular flexibility index (Phi) is 5.86. The molecular formula is C15H27N3O2. The van der Waals surface area contributed by atoms with E-state index in [1.165, 1.54) is 5.57 Å². The number of carbonyl (C=O) groups is 1. The average Bonchev–Trinajstić information content (AvgIpc) is 2.91. The Bertz CT molecular complexity index is 332. The van der Waals surface area contributed by atoms with Crippen LogP contribution < -0.4 is 10.6 Å². The third kappa shape index (κ3) is 5.13. The van der Waals surface area contributed by atoms with Gasteiger partial charge in [0.1, 0.15) is 0 Å². The van der Waals surface area contributed by atoms with Crippen molar-refractivity contribution in [3.05, 3.63) is 12.2 Å². The van der Waals surface area contributed by atoms with Crippen molar-refractivity contribution in [3.63, 3.8) is 0 Å². The lowest BCUT2D eigenvalue weighted by atomic mass is 10.0. The van der Waals surface area contributed by atoms with Crippen LogP contribution in [0.2, 0.25) is 0 Å². The molecule has 0 unspecified atom stereocenters. The minimum absolute atomic E-state index is 0.0322. The van der Waals surface area contributed by atoms with Crippen LogP contribution in [-0.4, -0.2) is 56.4 Å². The number of ether oxygens (including phenoxy) is 1. The van der Waals surface area contributed by atoms with Crippen LogP contribution in [0.1, 0.15) is 26.2 Å². The van der Waals surface area contributed by atoms with E-state index in [9.17, 15) is 4.79 Å². The molecule has 2 aliphatic heterocycles. The number of piperidine rings is 1. The number of urea groups is 1. The van der Waals surface area contributed by atoms with Gasteiger partial charge in [-0.05, 0) is 26.2 Å². The molecule has 2 amide bonds. The van der Waals surface area contributed by atoms with Crippen molar-refractivity contribution in [1.82, 2.24) is 15.5 Å². The average molecular weight is 281 g/mol. The Balaban J connectivity index is 1.59. The van der Waals surface area contributed by atoms with Crippen LogP contribution >= 0.6 is 0 Å². The Labute approximate surface area is 121 Å². The summed E-state index contributed by atoms with van der Waals surface area (Å²) in [6.07, 6.45) is 3.10.